The predicted octanol–water partition coefficient (Wildman–Crippen LogP) is 4.64. The van der Waals surface area contributed by atoms with Crippen LogP contribution >= 0.6 is 11.3 Å². The largest absolute Gasteiger partial charge is 0.493 e. The highest BCUT2D eigenvalue weighted by Gasteiger charge is 2.17. The van der Waals surface area contributed by atoms with Crippen LogP contribution in [0.25, 0.3) is 32.5 Å². The first-order valence-electron chi connectivity index (χ1n) is 10.8. The summed E-state index contributed by atoms with van der Waals surface area (Å²) in [5.41, 5.74) is 1.18. The molecule has 0 radical (unpaired) electrons. The zero-order valence-corrected chi connectivity index (χ0v) is 19.8. The Morgan fingerprint density at radius 3 is 2.47 bits per heavy atom. The van der Waals surface area contributed by atoms with Crippen LogP contribution in [0.5, 0.6) is 11.5 Å². The lowest BCUT2D eigenvalue weighted by atomic mass is 10.2. The number of hydrogen-bond acceptors (Lipinski definition) is 8. The van der Waals surface area contributed by atoms with Crippen molar-refractivity contribution >= 4 is 39.0 Å². The highest BCUT2D eigenvalue weighted by Crippen LogP contribution is 2.31. The maximum Gasteiger partial charge on any atom is 0.258 e. The number of methoxy groups -OCH3 is 2. The van der Waals surface area contributed by atoms with Gasteiger partial charge in [0.25, 0.3) is 5.56 Å². The Hall–Kier alpha value is -3.98. The number of aromatic nitrogens is 4. The van der Waals surface area contributed by atoms with Crippen molar-refractivity contribution in [3.8, 4) is 22.2 Å². The first kappa shape index (κ1) is 21.8. The van der Waals surface area contributed by atoms with E-state index in [-0.39, 0.29) is 5.56 Å². The molecule has 1 N–H and O–H groups in total. The summed E-state index contributed by atoms with van der Waals surface area (Å²) in [5, 5.41) is 3.40. The van der Waals surface area contributed by atoms with E-state index in [0.29, 0.717) is 47.1 Å². The molecule has 0 atom stereocenters. The summed E-state index contributed by atoms with van der Waals surface area (Å²) < 4.78 is 10.7. The fourth-order valence-corrected chi connectivity index (χ4v) is 4.58. The SMILES string of the molecule is CCN(Cc1nc2cc(OC)c(OC)cc2c(=O)[nH]1)c1nc(-c2cccs2)nc2ccccc12. The number of benzene rings is 2. The molecule has 0 aliphatic carbocycles. The van der Waals surface area contributed by atoms with Crippen LogP contribution in [0, 0.1) is 0 Å². The number of thiophene rings is 1. The molecule has 0 bridgehead atoms. The molecule has 5 aromatic rings. The molecule has 2 aromatic carbocycles. The second-order valence-electron chi connectivity index (χ2n) is 7.62. The minimum Gasteiger partial charge on any atom is -0.493 e. The number of anilines is 1. The van der Waals surface area contributed by atoms with Gasteiger partial charge in [0.15, 0.2) is 17.3 Å². The summed E-state index contributed by atoms with van der Waals surface area (Å²) in [6, 6.07) is 15.3. The molecule has 5 rings (SSSR count). The topological polar surface area (TPSA) is 93.2 Å². The Bertz CT molecular complexity index is 1530. The Morgan fingerprint density at radius 2 is 1.74 bits per heavy atom. The predicted molar refractivity (Wildman–Crippen MR) is 135 cm³/mol. The van der Waals surface area contributed by atoms with Crippen molar-refractivity contribution < 1.29 is 9.47 Å². The third kappa shape index (κ3) is 3.94. The minimum absolute atomic E-state index is 0.233. The van der Waals surface area contributed by atoms with Gasteiger partial charge in [-0.15, -0.1) is 11.3 Å². The molecule has 0 aliphatic heterocycles. The second-order valence-corrected chi connectivity index (χ2v) is 8.56. The molecule has 172 valence electrons. The molecular formula is C25H23N5O3S. The van der Waals surface area contributed by atoms with Gasteiger partial charge in [-0.3, -0.25) is 4.79 Å². The summed E-state index contributed by atoms with van der Waals surface area (Å²) >= 11 is 1.60. The lowest BCUT2D eigenvalue weighted by Gasteiger charge is -2.23. The van der Waals surface area contributed by atoms with E-state index < -0.39 is 0 Å². The number of para-hydroxylation sites is 1. The average Bonchev–Trinajstić information content (AvgIpc) is 3.41. The zero-order chi connectivity index (χ0) is 23.7. The molecule has 0 amide bonds. The van der Waals surface area contributed by atoms with Crippen molar-refractivity contribution in [1.29, 1.82) is 0 Å². The van der Waals surface area contributed by atoms with Crippen LogP contribution in [0.4, 0.5) is 5.82 Å². The summed E-state index contributed by atoms with van der Waals surface area (Å²) in [5.74, 6) is 3.02. The summed E-state index contributed by atoms with van der Waals surface area (Å²) in [4.78, 5) is 33.3. The Kier molecular flexibility index (Phi) is 5.85. The Morgan fingerprint density at radius 1 is 0.941 bits per heavy atom. The van der Waals surface area contributed by atoms with E-state index in [0.717, 1.165) is 21.6 Å². The molecule has 8 nitrogen and oxygen atoms in total. The van der Waals surface area contributed by atoms with Gasteiger partial charge in [0.05, 0.1) is 42.1 Å². The third-order valence-corrected chi connectivity index (χ3v) is 6.47. The first-order valence-corrected chi connectivity index (χ1v) is 11.7. The van der Waals surface area contributed by atoms with E-state index in [4.69, 9.17) is 24.4 Å². The number of hydrogen-bond donors (Lipinski definition) is 1. The highest BCUT2D eigenvalue weighted by molar-refractivity contribution is 7.13. The maximum absolute atomic E-state index is 12.9. The first-order chi connectivity index (χ1) is 16.6. The third-order valence-electron chi connectivity index (χ3n) is 5.61. The minimum atomic E-state index is -0.233. The van der Waals surface area contributed by atoms with Crippen LogP contribution in [0.2, 0.25) is 0 Å². The molecular weight excluding hydrogens is 450 g/mol. The number of fused-ring (bicyclic) bond motifs is 2. The molecule has 0 spiro atoms. The molecule has 0 aliphatic rings. The van der Waals surface area contributed by atoms with Gasteiger partial charge >= 0.3 is 0 Å². The van der Waals surface area contributed by atoms with Crippen molar-refractivity contribution in [2.24, 2.45) is 0 Å². The fraction of sp³-hybridized carbons (Fsp3) is 0.200. The van der Waals surface area contributed by atoms with Crippen LogP contribution in [0.1, 0.15) is 12.7 Å². The van der Waals surface area contributed by atoms with Gasteiger partial charge in [0, 0.05) is 18.0 Å². The number of rotatable bonds is 7. The molecule has 34 heavy (non-hydrogen) atoms. The van der Waals surface area contributed by atoms with Crippen molar-refractivity contribution in [1.82, 2.24) is 19.9 Å². The lowest BCUT2D eigenvalue weighted by molar-refractivity contribution is 0.355. The van der Waals surface area contributed by atoms with Crippen molar-refractivity contribution in [3.05, 3.63) is 70.1 Å². The smallest absolute Gasteiger partial charge is 0.258 e. The van der Waals surface area contributed by atoms with E-state index in [1.54, 1.807) is 30.6 Å². The molecule has 3 aromatic heterocycles. The Balaban J connectivity index is 1.60. The van der Waals surface area contributed by atoms with Gasteiger partial charge < -0.3 is 19.4 Å². The van der Waals surface area contributed by atoms with Gasteiger partial charge in [-0.1, -0.05) is 18.2 Å². The molecule has 3 heterocycles. The summed E-state index contributed by atoms with van der Waals surface area (Å²) in [7, 11) is 3.09. The van der Waals surface area contributed by atoms with Gasteiger partial charge in [-0.05, 0) is 36.6 Å². The van der Waals surface area contributed by atoms with E-state index in [1.807, 2.05) is 41.8 Å². The number of ether oxygens (including phenoxy) is 2. The normalized spacial score (nSPS) is 11.1. The van der Waals surface area contributed by atoms with E-state index in [1.165, 1.54) is 7.11 Å². The quantitative estimate of drug-likeness (QED) is 0.368. The number of aromatic amines is 1. The van der Waals surface area contributed by atoms with E-state index in [2.05, 4.69) is 16.8 Å². The maximum atomic E-state index is 12.9. The van der Waals surface area contributed by atoms with Crippen LogP contribution < -0.4 is 19.9 Å². The van der Waals surface area contributed by atoms with Gasteiger partial charge in [-0.2, -0.15) is 0 Å². The fourth-order valence-electron chi connectivity index (χ4n) is 3.92. The molecule has 0 fully saturated rings. The standard InChI is InChI=1S/C25H23N5O3S/c1-4-30(14-22-26-18-13-20(33-3)19(32-2)12-16(18)25(31)28-22)24-15-8-5-6-9-17(15)27-23(29-24)21-10-7-11-34-21/h5-13H,4,14H2,1-3H3,(H,26,28,31). The van der Waals surface area contributed by atoms with Crippen molar-refractivity contribution in [2.45, 2.75) is 13.5 Å². The van der Waals surface area contributed by atoms with Gasteiger partial charge in [0.2, 0.25) is 0 Å². The van der Waals surface area contributed by atoms with Gasteiger partial charge in [0.1, 0.15) is 11.6 Å². The number of nitrogens with zero attached hydrogens (tertiary/aromatic N) is 4. The Labute approximate surface area is 199 Å². The molecule has 0 saturated heterocycles. The van der Waals surface area contributed by atoms with Gasteiger partial charge in [-0.25, -0.2) is 15.0 Å². The number of H-pyrrole nitrogens is 1. The van der Waals surface area contributed by atoms with Crippen LogP contribution in [-0.4, -0.2) is 40.7 Å². The average molecular weight is 474 g/mol. The lowest BCUT2D eigenvalue weighted by Crippen LogP contribution is -2.26. The number of nitrogens with one attached hydrogen (secondary N) is 1. The highest BCUT2D eigenvalue weighted by atomic mass is 32.1. The molecule has 0 unspecified atom stereocenters. The van der Waals surface area contributed by atoms with Crippen molar-refractivity contribution in [2.75, 3.05) is 25.7 Å². The van der Waals surface area contributed by atoms with Crippen LogP contribution in [0.3, 0.4) is 0 Å². The van der Waals surface area contributed by atoms with Crippen LogP contribution in [-0.2, 0) is 6.54 Å². The summed E-state index contributed by atoms with van der Waals surface area (Å²) in [6.45, 7) is 3.09. The summed E-state index contributed by atoms with van der Waals surface area (Å²) in [6.07, 6.45) is 0. The second kappa shape index (κ2) is 9.11. The molecule has 0 saturated carbocycles. The molecule has 9 heteroatoms. The van der Waals surface area contributed by atoms with Crippen molar-refractivity contribution in [3.63, 3.8) is 0 Å². The van der Waals surface area contributed by atoms with Crippen LogP contribution in [0.15, 0.2) is 58.7 Å². The van der Waals surface area contributed by atoms with E-state index >= 15 is 0 Å². The van der Waals surface area contributed by atoms with E-state index in [9.17, 15) is 4.79 Å². The zero-order valence-electron chi connectivity index (χ0n) is 19.0. The monoisotopic (exact) mass is 473 g/mol.